The van der Waals surface area contributed by atoms with E-state index in [4.69, 9.17) is 4.74 Å². The summed E-state index contributed by atoms with van der Waals surface area (Å²) in [6.07, 6.45) is -0.186. The molecule has 0 heterocycles. The summed E-state index contributed by atoms with van der Waals surface area (Å²) >= 11 is 0. The zero-order valence-corrected chi connectivity index (χ0v) is 12.8. The van der Waals surface area contributed by atoms with E-state index < -0.39 is 23.4 Å². The molecule has 0 N–H and O–H groups in total. The summed E-state index contributed by atoms with van der Waals surface area (Å²) < 4.78 is 69.2. The first-order valence-corrected chi connectivity index (χ1v) is 7.62. The summed E-state index contributed by atoms with van der Waals surface area (Å²) in [4.78, 5) is 0. The molecule has 0 atom stereocenters. The first-order valence-electron chi connectivity index (χ1n) is 7.62. The minimum absolute atomic E-state index is 0.00257. The van der Waals surface area contributed by atoms with E-state index in [0.717, 1.165) is 37.8 Å². The Morgan fingerprint density at radius 1 is 1.09 bits per heavy atom. The van der Waals surface area contributed by atoms with Crippen LogP contribution in [-0.2, 0) is 0 Å². The second kappa shape index (κ2) is 7.32. The fourth-order valence-electron chi connectivity index (χ4n) is 2.69. The molecule has 6 heteroatoms. The molecule has 0 aromatic heterocycles. The zero-order valence-electron chi connectivity index (χ0n) is 12.8. The Bertz CT molecular complexity index is 534. The van der Waals surface area contributed by atoms with Gasteiger partial charge in [-0.25, -0.2) is 8.78 Å². The first-order chi connectivity index (χ1) is 10.7. The molecule has 1 aliphatic rings. The Kier molecular flexibility index (Phi) is 5.65. The van der Waals surface area contributed by atoms with Crippen LogP contribution < -0.4 is 4.74 Å². The van der Waals surface area contributed by atoms with Crippen molar-refractivity contribution in [3.05, 3.63) is 35.4 Å². The van der Waals surface area contributed by atoms with Gasteiger partial charge in [-0.2, -0.15) is 13.2 Å². The van der Waals surface area contributed by atoms with Crippen molar-refractivity contribution in [2.75, 3.05) is 6.61 Å². The Morgan fingerprint density at radius 2 is 1.65 bits per heavy atom. The maximum Gasteiger partial charge on any atom is 0.409 e. The lowest BCUT2D eigenvalue weighted by Crippen LogP contribution is -2.18. The molecule has 1 saturated carbocycles. The zero-order chi connectivity index (χ0) is 17.0. The van der Waals surface area contributed by atoms with Crippen LogP contribution in [0.25, 0.3) is 6.08 Å². The molecule has 1 aliphatic carbocycles. The summed E-state index contributed by atoms with van der Waals surface area (Å²) in [6, 6.07) is 1.84. The fourth-order valence-corrected chi connectivity index (χ4v) is 2.69. The van der Waals surface area contributed by atoms with E-state index >= 15 is 0 Å². The molecule has 23 heavy (non-hydrogen) atoms. The van der Waals surface area contributed by atoms with Crippen molar-refractivity contribution < 1.29 is 26.7 Å². The largest absolute Gasteiger partial charge is 0.493 e. The topological polar surface area (TPSA) is 9.23 Å². The monoisotopic (exact) mass is 334 g/mol. The minimum atomic E-state index is -4.62. The molecule has 1 aromatic carbocycles. The van der Waals surface area contributed by atoms with Crippen LogP contribution in [0.1, 0.15) is 38.2 Å². The smallest absolute Gasteiger partial charge is 0.409 e. The van der Waals surface area contributed by atoms with Gasteiger partial charge in [0.05, 0.1) is 6.61 Å². The lowest BCUT2D eigenvalue weighted by molar-refractivity contribution is -0.0790. The van der Waals surface area contributed by atoms with Crippen molar-refractivity contribution >= 4 is 6.08 Å². The second-order valence-electron chi connectivity index (χ2n) is 6.11. The van der Waals surface area contributed by atoms with Crippen molar-refractivity contribution in [1.29, 1.82) is 0 Å². The maximum absolute atomic E-state index is 13.8. The number of allylic oxidation sites excluding steroid dienone is 1. The minimum Gasteiger partial charge on any atom is -0.493 e. The number of benzene rings is 1. The third-order valence-electron chi connectivity index (χ3n) is 4.11. The van der Waals surface area contributed by atoms with Crippen LogP contribution in [0.5, 0.6) is 5.75 Å². The highest BCUT2D eigenvalue weighted by molar-refractivity contribution is 5.53. The molecular formula is C17H19F5O. The third kappa shape index (κ3) is 5.52. The van der Waals surface area contributed by atoms with E-state index in [1.165, 1.54) is 0 Å². The second-order valence-corrected chi connectivity index (χ2v) is 6.11. The SMILES string of the molecule is CC1CCC(COc2cc(F)c(/C=C/C(F)(F)F)c(F)c2)CC1. The van der Waals surface area contributed by atoms with Gasteiger partial charge in [-0.15, -0.1) is 0 Å². The molecule has 0 amide bonds. The van der Waals surface area contributed by atoms with Crippen LogP contribution in [0, 0.1) is 23.5 Å². The van der Waals surface area contributed by atoms with Crippen molar-refractivity contribution in [1.82, 2.24) is 0 Å². The van der Waals surface area contributed by atoms with Gasteiger partial charge in [0, 0.05) is 23.8 Å². The lowest BCUT2D eigenvalue weighted by atomic mass is 9.83. The molecule has 0 radical (unpaired) electrons. The summed E-state index contributed by atoms with van der Waals surface area (Å²) in [7, 11) is 0. The van der Waals surface area contributed by atoms with Crippen LogP contribution >= 0.6 is 0 Å². The molecule has 128 valence electrons. The third-order valence-corrected chi connectivity index (χ3v) is 4.11. The van der Waals surface area contributed by atoms with Crippen molar-refractivity contribution in [2.45, 2.75) is 38.8 Å². The van der Waals surface area contributed by atoms with Crippen LogP contribution in [0.2, 0.25) is 0 Å². The van der Waals surface area contributed by atoms with E-state index in [9.17, 15) is 22.0 Å². The summed E-state index contributed by atoms with van der Waals surface area (Å²) in [5.74, 6) is -1.10. The summed E-state index contributed by atoms with van der Waals surface area (Å²) in [5.41, 5.74) is -0.721. The van der Waals surface area contributed by atoms with Crippen LogP contribution in [-0.4, -0.2) is 12.8 Å². The standard InChI is InChI=1S/C17H19F5O/c1-11-2-4-12(5-3-11)10-23-13-8-15(18)14(16(19)9-13)6-7-17(20,21)22/h6-9,11-12H,2-5,10H2,1H3/b7-6+. The molecule has 0 bridgehead atoms. The molecule has 0 saturated heterocycles. The Balaban J connectivity index is 2.00. The van der Waals surface area contributed by atoms with Gasteiger partial charge < -0.3 is 4.74 Å². The van der Waals surface area contributed by atoms with Gasteiger partial charge in [-0.3, -0.25) is 0 Å². The summed E-state index contributed by atoms with van der Waals surface area (Å²) in [6.45, 7) is 2.55. The van der Waals surface area contributed by atoms with Gasteiger partial charge in [-0.05, 0) is 30.8 Å². The van der Waals surface area contributed by atoms with Gasteiger partial charge in [0.2, 0.25) is 0 Å². The van der Waals surface area contributed by atoms with Crippen molar-refractivity contribution in [3.8, 4) is 5.75 Å². The average molecular weight is 334 g/mol. The van der Waals surface area contributed by atoms with Crippen LogP contribution in [0.15, 0.2) is 18.2 Å². The average Bonchev–Trinajstić information content (AvgIpc) is 2.44. The van der Waals surface area contributed by atoms with Gasteiger partial charge >= 0.3 is 6.18 Å². The van der Waals surface area contributed by atoms with Crippen molar-refractivity contribution in [3.63, 3.8) is 0 Å². The van der Waals surface area contributed by atoms with E-state index in [0.29, 0.717) is 24.5 Å². The Labute approximate surface area is 132 Å². The highest BCUT2D eigenvalue weighted by atomic mass is 19.4. The van der Waals surface area contributed by atoms with Gasteiger partial charge in [0.25, 0.3) is 0 Å². The Morgan fingerprint density at radius 3 is 2.17 bits per heavy atom. The summed E-state index contributed by atoms with van der Waals surface area (Å²) in [5, 5.41) is 0. The highest BCUT2D eigenvalue weighted by Gasteiger charge is 2.23. The highest BCUT2D eigenvalue weighted by Crippen LogP contribution is 2.30. The normalized spacial score (nSPS) is 22.5. The number of rotatable bonds is 4. The quantitative estimate of drug-likeness (QED) is 0.638. The number of hydrogen-bond acceptors (Lipinski definition) is 1. The van der Waals surface area contributed by atoms with Crippen molar-refractivity contribution in [2.24, 2.45) is 11.8 Å². The lowest BCUT2D eigenvalue weighted by Gasteiger charge is -2.26. The number of ether oxygens (including phenoxy) is 1. The fraction of sp³-hybridized carbons (Fsp3) is 0.529. The van der Waals surface area contributed by atoms with Gasteiger partial charge in [0.15, 0.2) is 0 Å². The number of halogens is 5. The number of hydrogen-bond donors (Lipinski definition) is 0. The van der Waals surface area contributed by atoms with Gasteiger partial charge in [-0.1, -0.05) is 19.8 Å². The van der Waals surface area contributed by atoms with Crippen LogP contribution in [0.4, 0.5) is 22.0 Å². The van der Waals surface area contributed by atoms with E-state index in [-0.39, 0.29) is 11.8 Å². The molecule has 1 nitrogen and oxygen atoms in total. The molecule has 0 aliphatic heterocycles. The predicted octanol–water partition coefficient (Wildman–Crippen LogP) is 5.75. The van der Waals surface area contributed by atoms with E-state index in [2.05, 4.69) is 6.92 Å². The molecule has 0 spiro atoms. The van der Waals surface area contributed by atoms with E-state index in [1.54, 1.807) is 0 Å². The molecule has 1 fully saturated rings. The first kappa shape index (κ1) is 17.8. The molecule has 2 rings (SSSR count). The maximum atomic E-state index is 13.8. The van der Waals surface area contributed by atoms with E-state index in [1.807, 2.05) is 0 Å². The molecule has 0 unspecified atom stereocenters. The Hall–Kier alpha value is -1.59. The van der Waals surface area contributed by atoms with Gasteiger partial charge in [0.1, 0.15) is 17.4 Å². The van der Waals surface area contributed by atoms with Crippen LogP contribution in [0.3, 0.4) is 0 Å². The predicted molar refractivity (Wildman–Crippen MR) is 78.1 cm³/mol. The molecule has 1 aromatic rings. The molecular weight excluding hydrogens is 315 g/mol. The number of alkyl halides is 3.